The van der Waals surface area contributed by atoms with E-state index in [9.17, 15) is 9.59 Å². The number of rotatable bonds is 10. The average molecular weight is 500 g/mol. The van der Waals surface area contributed by atoms with E-state index in [1.807, 2.05) is 26.0 Å². The summed E-state index contributed by atoms with van der Waals surface area (Å²) in [7, 11) is 3.52. The Labute approximate surface area is 212 Å². The third kappa shape index (κ3) is 6.95. The van der Waals surface area contributed by atoms with Gasteiger partial charge in [0.2, 0.25) is 0 Å². The highest BCUT2D eigenvalue weighted by Gasteiger charge is 2.30. The molecule has 0 aromatic carbocycles. The van der Waals surface area contributed by atoms with Gasteiger partial charge in [0.05, 0.1) is 30.0 Å². The first-order chi connectivity index (χ1) is 17.3. The summed E-state index contributed by atoms with van der Waals surface area (Å²) in [5, 5.41) is 8.32. The molecule has 10 nitrogen and oxygen atoms in total. The lowest BCUT2D eigenvalue weighted by molar-refractivity contribution is -0.154. The summed E-state index contributed by atoms with van der Waals surface area (Å²) in [5.41, 5.74) is 1.84. The maximum Gasteiger partial charge on any atom is 0.409 e. The molecule has 4 rings (SSSR count). The molecule has 0 bridgehead atoms. The fourth-order valence-corrected chi connectivity index (χ4v) is 4.43. The number of aromatic nitrogens is 4. The van der Waals surface area contributed by atoms with Crippen molar-refractivity contribution in [3.63, 3.8) is 0 Å². The number of pyridine rings is 1. The van der Waals surface area contributed by atoms with Gasteiger partial charge >= 0.3 is 12.1 Å². The van der Waals surface area contributed by atoms with Crippen LogP contribution < -0.4 is 4.74 Å². The van der Waals surface area contributed by atoms with Crippen LogP contribution in [0.5, 0.6) is 5.75 Å². The molecule has 10 heteroatoms. The molecule has 1 unspecified atom stereocenters. The van der Waals surface area contributed by atoms with Crippen LogP contribution in [-0.4, -0.2) is 62.7 Å². The highest BCUT2D eigenvalue weighted by molar-refractivity contribution is 5.72. The number of amides is 1. The van der Waals surface area contributed by atoms with Gasteiger partial charge in [-0.3, -0.25) is 9.78 Å². The number of aryl methyl sites for hydroxylation is 1. The molecule has 196 valence electrons. The van der Waals surface area contributed by atoms with Crippen LogP contribution in [0, 0.1) is 11.8 Å². The minimum atomic E-state index is -0.359. The van der Waals surface area contributed by atoms with Crippen LogP contribution >= 0.6 is 0 Å². The van der Waals surface area contributed by atoms with E-state index >= 15 is 0 Å². The summed E-state index contributed by atoms with van der Waals surface area (Å²) in [6, 6.07) is 3.66. The Morgan fingerprint density at radius 3 is 2.69 bits per heavy atom. The fraction of sp³-hybridized carbons (Fsp3) is 0.654. The number of ether oxygens (including phenoxy) is 3. The topological polar surface area (TPSA) is 109 Å². The number of hydrogen-bond donors (Lipinski definition) is 0. The molecule has 1 amide bonds. The Balaban J connectivity index is 1.33. The SMILES string of the molecule is CC(C)OC(=O)C1CCC[C@H](Oc2ccc(-c3nnn(C)c3COC(=O)N(C)CCC3CC3)nc2)C1. The number of carbonyl (C=O) groups is 2. The second-order valence-electron chi connectivity index (χ2n) is 10.2. The van der Waals surface area contributed by atoms with Gasteiger partial charge in [0.25, 0.3) is 0 Å². The van der Waals surface area contributed by atoms with E-state index in [2.05, 4.69) is 15.3 Å². The van der Waals surface area contributed by atoms with Crippen LogP contribution in [0.4, 0.5) is 4.79 Å². The third-order valence-corrected chi connectivity index (χ3v) is 6.75. The van der Waals surface area contributed by atoms with Gasteiger partial charge in [-0.05, 0) is 64.0 Å². The summed E-state index contributed by atoms with van der Waals surface area (Å²) >= 11 is 0. The molecule has 2 heterocycles. The van der Waals surface area contributed by atoms with Crippen molar-refractivity contribution in [3.05, 3.63) is 24.0 Å². The summed E-state index contributed by atoms with van der Waals surface area (Å²) in [5.74, 6) is 1.12. The van der Waals surface area contributed by atoms with Gasteiger partial charge in [0, 0.05) is 20.6 Å². The molecular formula is C26H37N5O5. The molecule has 2 saturated carbocycles. The van der Waals surface area contributed by atoms with Crippen molar-refractivity contribution in [3.8, 4) is 17.1 Å². The van der Waals surface area contributed by atoms with Gasteiger partial charge in [-0.1, -0.05) is 18.1 Å². The zero-order chi connectivity index (χ0) is 25.7. The molecule has 2 fully saturated rings. The van der Waals surface area contributed by atoms with Gasteiger partial charge in [0.15, 0.2) is 0 Å². The number of hydrogen-bond acceptors (Lipinski definition) is 8. The molecule has 0 saturated heterocycles. The van der Waals surface area contributed by atoms with Crippen molar-refractivity contribution < 1.29 is 23.8 Å². The van der Waals surface area contributed by atoms with Crippen molar-refractivity contribution in [2.75, 3.05) is 13.6 Å². The van der Waals surface area contributed by atoms with Crippen LogP contribution in [0.1, 0.15) is 64.5 Å². The maximum absolute atomic E-state index is 12.4. The van der Waals surface area contributed by atoms with Crippen molar-refractivity contribution in [2.45, 2.75) is 77.6 Å². The Morgan fingerprint density at radius 2 is 2.00 bits per heavy atom. The van der Waals surface area contributed by atoms with Gasteiger partial charge in [-0.25, -0.2) is 9.48 Å². The summed E-state index contributed by atoms with van der Waals surface area (Å²) < 4.78 is 18.6. The molecule has 2 atom stereocenters. The zero-order valence-electron chi connectivity index (χ0n) is 21.7. The lowest BCUT2D eigenvalue weighted by Gasteiger charge is -2.28. The first kappa shape index (κ1) is 25.9. The number of esters is 1. The lowest BCUT2D eigenvalue weighted by Crippen LogP contribution is -2.31. The van der Waals surface area contributed by atoms with Crippen LogP contribution in [0.2, 0.25) is 0 Å². The number of carbonyl (C=O) groups excluding carboxylic acids is 2. The Bertz CT molecular complexity index is 1030. The van der Waals surface area contributed by atoms with E-state index in [-0.39, 0.29) is 36.8 Å². The van der Waals surface area contributed by atoms with Crippen molar-refractivity contribution in [1.29, 1.82) is 0 Å². The monoisotopic (exact) mass is 499 g/mol. The predicted octanol–water partition coefficient (Wildman–Crippen LogP) is 4.13. The van der Waals surface area contributed by atoms with Crippen LogP contribution in [0.25, 0.3) is 11.4 Å². The highest BCUT2D eigenvalue weighted by Crippen LogP contribution is 2.32. The van der Waals surface area contributed by atoms with Crippen molar-refractivity contribution in [2.24, 2.45) is 18.9 Å². The average Bonchev–Trinajstić information content (AvgIpc) is 3.62. The Kier molecular flexibility index (Phi) is 8.43. The van der Waals surface area contributed by atoms with E-state index in [0.29, 0.717) is 35.8 Å². The smallest absolute Gasteiger partial charge is 0.409 e. The molecule has 36 heavy (non-hydrogen) atoms. The van der Waals surface area contributed by atoms with Gasteiger partial charge in [0.1, 0.15) is 23.7 Å². The van der Waals surface area contributed by atoms with E-state index in [1.165, 1.54) is 12.8 Å². The highest BCUT2D eigenvalue weighted by atomic mass is 16.6. The standard InChI is InChI=1S/C26H37N5O5/c1-17(2)35-25(32)19-6-5-7-20(14-19)36-21-10-11-22(27-15-21)24-23(31(4)29-28-24)16-34-26(33)30(3)13-12-18-8-9-18/h10-11,15,17-20H,5-9,12-14,16H2,1-4H3/t19?,20-/m0/s1. The van der Waals surface area contributed by atoms with Crippen LogP contribution in [0.15, 0.2) is 18.3 Å². The van der Waals surface area contributed by atoms with E-state index in [0.717, 1.165) is 31.6 Å². The summed E-state index contributed by atoms with van der Waals surface area (Å²) in [6.07, 6.45) is 7.96. The second kappa shape index (κ2) is 11.7. The molecule has 0 aliphatic heterocycles. The number of nitrogens with zero attached hydrogens (tertiary/aromatic N) is 5. The molecular weight excluding hydrogens is 462 g/mol. The normalized spacial score (nSPS) is 19.7. The lowest BCUT2D eigenvalue weighted by atomic mass is 9.87. The summed E-state index contributed by atoms with van der Waals surface area (Å²) in [4.78, 5) is 30.8. The molecule has 0 spiro atoms. The van der Waals surface area contributed by atoms with Crippen LogP contribution in [-0.2, 0) is 27.9 Å². The Morgan fingerprint density at radius 1 is 1.19 bits per heavy atom. The van der Waals surface area contributed by atoms with E-state index in [4.69, 9.17) is 14.2 Å². The van der Waals surface area contributed by atoms with Crippen LogP contribution in [0.3, 0.4) is 0 Å². The molecule has 0 N–H and O–H groups in total. The second-order valence-corrected chi connectivity index (χ2v) is 10.2. The van der Waals surface area contributed by atoms with Gasteiger partial charge < -0.3 is 19.1 Å². The van der Waals surface area contributed by atoms with E-state index in [1.54, 1.807) is 29.9 Å². The van der Waals surface area contributed by atoms with Gasteiger partial charge in [-0.2, -0.15) is 0 Å². The molecule has 2 aliphatic rings. The minimum Gasteiger partial charge on any atom is -0.489 e. The predicted molar refractivity (Wildman–Crippen MR) is 132 cm³/mol. The largest absolute Gasteiger partial charge is 0.489 e. The van der Waals surface area contributed by atoms with E-state index < -0.39 is 0 Å². The molecule has 2 aliphatic carbocycles. The molecule has 2 aromatic heterocycles. The maximum atomic E-state index is 12.4. The third-order valence-electron chi connectivity index (χ3n) is 6.75. The van der Waals surface area contributed by atoms with Gasteiger partial charge in [-0.15, -0.1) is 5.10 Å². The Hall–Kier alpha value is -3.17. The fourth-order valence-electron chi connectivity index (χ4n) is 4.43. The molecule has 2 aromatic rings. The van der Waals surface area contributed by atoms with Crippen molar-refractivity contribution in [1.82, 2.24) is 24.9 Å². The minimum absolute atomic E-state index is 0.0560. The quantitative estimate of drug-likeness (QED) is 0.449. The molecule has 0 radical (unpaired) electrons. The zero-order valence-corrected chi connectivity index (χ0v) is 21.7. The summed E-state index contributed by atoms with van der Waals surface area (Å²) in [6.45, 7) is 4.48. The first-order valence-electron chi connectivity index (χ1n) is 12.9. The first-order valence-corrected chi connectivity index (χ1v) is 12.9. The van der Waals surface area contributed by atoms with Crippen molar-refractivity contribution >= 4 is 12.1 Å².